The minimum atomic E-state index is -3.51. The number of carbonyl (C=O) groups is 1. The summed E-state index contributed by atoms with van der Waals surface area (Å²) in [6.45, 7) is 3.63. The van der Waals surface area contributed by atoms with Crippen molar-refractivity contribution in [2.75, 3.05) is 32.7 Å². The van der Waals surface area contributed by atoms with E-state index in [4.69, 9.17) is 18.0 Å². The standard InChI is InChI=1S/C14H18ClN3O3S2/c1-3-6-16-14(19)11(2)17-7-9-18(10-8-17)23(20,21)13-5-4-12(15)22-13/h1,4-5,11H,6-10H2,2H3,(H,16,19). The van der Waals surface area contributed by atoms with Gasteiger partial charge in [0.05, 0.1) is 16.9 Å². The minimum Gasteiger partial charge on any atom is -0.344 e. The Labute approximate surface area is 145 Å². The van der Waals surface area contributed by atoms with E-state index in [2.05, 4.69) is 11.2 Å². The summed E-state index contributed by atoms with van der Waals surface area (Å²) in [5, 5.41) is 2.64. The van der Waals surface area contributed by atoms with Gasteiger partial charge in [-0.15, -0.1) is 17.8 Å². The molecule has 126 valence electrons. The maximum Gasteiger partial charge on any atom is 0.252 e. The van der Waals surface area contributed by atoms with Crippen LogP contribution in [0.2, 0.25) is 4.34 Å². The van der Waals surface area contributed by atoms with Gasteiger partial charge in [-0.2, -0.15) is 4.31 Å². The van der Waals surface area contributed by atoms with E-state index in [1.807, 2.05) is 4.90 Å². The van der Waals surface area contributed by atoms with Gasteiger partial charge in [-0.3, -0.25) is 9.69 Å². The molecule has 1 amide bonds. The molecular formula is C14H18ClN3O3S2. The van der Waals surface area contributed by atoms with E-state index in [1.165, 1.54) is 10.4 Å². The molecule has 1 saturated heterocycles. The summed E-state index contributed by atoms with van der Waals surface area (Å²) >= 11 is 6.86. The molecule has 23 heavy (non-hydrogen) atoms. The number of rotatable bonds is 5. The average Bonchev–Trinajstić information content (AvgIpc) is 2.99. The van der Waals surface area contributed by atoms with Crippen LogP contribution in [0.25, 0.3) is 0 Å². The van der Waals surface area contributed by atoms with Crippen molar-refractivity contribution < 1.29 is 13.2 Å². The van der Waals surface area contributed by atoms with Gasteiger partial charge in [-0.25, -0.2) is 8.42 Å². The third-order valence-corrected chi connectivity index (χ3v) is 7.30. The fourth-order valence-corrected chi connectivity index (χ4v) is 5.41. The summed E-state index contributed by atoms with van der Waals surface area (Å²) in [5.74, 6) is 2.21. The first kappa shape index (κ1) is 18.2. The quantitative estimate of drug-likeness (QED) is 0.774. The molecular weight excluding hydrogens is 358 g/mol. The molecule has 1 aromatic rings. The first-order valence-corrected chi connectivity index (χ1v) is 9.70. The zero-order valence-corrected chi connectivity index (χ0v) is 15.0. The number of hydrogen-bond donors (Lipinski definition) is 1. The Bertz CT molecular complexity index is 703. The number of sulfonamides is 1. The molecule has 0 spiro atoms. The molecule has 1 unspecified atom stereocenters. The van der Waals surface area contributed by atoms with Gasteiger partial charge >= 0.3 is 0 Å². The van der Waals surface area contributed by atoms with E-state index >= 15 is 0 Å². The van der Waals surface area contributed by atoms with Crippen LogP contribution in [0.1, 0.15) is 6.92 Å². The summed E-state index contributed by atoms with van der Waals surface area (Å²) in [6.07, 6.45) is 5.12. The third kappa shape index (κ3) is 4.25. The second-order valence-electron chi connectivity index (χ2n) is 5.10. The van der Waals surface area contributed by atoms with Gasteiger partial charge in [-0.05, 0) is 19.1 Å². The fourth-order valence-electron chi connectivity index (χ4n) is 2.35. The Kier molecular flexibility index (Phi) is 6.06. The molecule has 0 saturated carbocycles. The zero-order valence-electron chi connectivity index (χ0n) is 12.7. The van der Waals surface area contributed by atoms with Crippen LogP contribution in [-0.2, 0) is 14.8 Å². The number of nitrogens with zero attached hydrogens (tertiary/aromatic N) is 2. The summed E-state index contributed by atoms with van der Waals surface area (Å²) in [6, 6.07) is 2.75. The largest absolute Gasteiger partial charge is 0.344 e. The highest BCUT2D eigenvalue weighted by Crippen LogP contribution is 2.28. The number of amides is 1. The van der Waals surface area contributed by atoms with Crippen molar-refractivity contribution in [2.45, 2.75) is 17.2 Å². The Morgan fingerprint density at radius 2 is 2.09 bits per heavy atom. The predicted octanol–water partition coefficient (Wildman–Crippen LogP) is 0.846. The highest BCUT2D eigenvalue weighted by Gasteiger charge is 2.32. The lowest BCUT2D eigenvalue weighted by Crippen LogP contribution is -2.54. The van der Waals surface area contributed by atoms with E-state index < -0.39 is 10.0 Å². The second kappa shape index (κ2) is 7.64. The molecule has 0 aliphatic carbocycles. The topological polar surface area (TPSA) is 69.7 Å². The second-order valence-corrected chi connectivity index (χ2v) is 8.98. The van der Waals surface area contributed by atoms with Gasteiger partial charge in [0.25, 0.3) is 10.0 Å². The van der Waals surface area contributed by atoms with Crippen molar-refractivity contribution in [3.8, 4) is 12.3 Å². The Morgan fingerprint density at radius 1 is 1.43 bits per heavy atom. The van der Waals surface area contributed by atoms with Gasteiger partial charge < -0.3 is 5.32 Å². The average molecular weight is 376 g/mol. The molecule has 0 bridgehead atoms. The van der Waals surface area contributed by atoms with Crippen molar-refractivity contribution in [2.24, 2.45) is 0 Å². The molecule has 2 heterocycles. The molecule has 1 fully saturated rings. The number of piperazine rings is 1. The van der Waals surface area contributed by atoms with Crippen LogP contribution < -0.4 is 5.32 Å². The van der Waals surface area contributed by atoms with Crippen LogP contribution in [0.15, 0.2) is 16.3 Å². The van der Waals surface area contributed by atoms with E-state index in [9.17, 15) is 13.2 Å². The number of carbonyl (C=O) groups excluding carboxylic acids is 1. The van der Waals surface area contributed by atoms with Crippen LogP contribution in [0.4, 0.5) is 0 Å². The van der Waals surface area contributed by atoms with Crippen LogP contribution in [0.3, 0.4) is 0 Å². The highest BCUT2D eigenvalue weighted by atomic mass is 35.5. The van der Waals surface area contributed by atoms with Crippen LogP contribution in [-0.4, -0.2) is 62.3 Å². The molecule has 1 N–H and O–H groups in total. The first-order valence-electron chi connectivity index (χ1n) is 7.07. The minimum absolute atomic E-state index is 0.149. The number of halogens is 1. The van der Waals surface area contributed by atoms with E-state index in [0.29, 0.717) is 30.5 Å². The van der Waals surface area contributed by atoms with Gasteiger partial charge in [0.15, 0.2) is 0 Å². The lowest BCUT2D eigenvalue weighted by molar-refractivity contribution is -0.126. The SMILES string of the molecule is C#CCNC(=O)C(C)N1CCN(S(=O)(=O)c2ccc(Cl)s2)CC1. The van der Waals surface area contributed by atoms with Crippen molar-refractivity contribution in [3.05, 3.63) is 16.5 Å². The van der Waals surface area contributed by atoms with Gasteiger partial charge in [0, 0.05) is 26.2 Å². The van der Waals surface area contributed by atoms with Crippen LogP contribution >= 0.6 is 22.9 Å². The highest BCUT2D eigenvalue weighted by molar-refractivity contribution is 7.91. The maximum atomic E-state index is 12.5. The number of terminal acetylenes is 1. The summed E-state index contributed by atoms with van der Waals surface area (Å²) in [7, 11) is -3.51. The molecule has 1 aliphatic heterocycles. The predicted molar refractivity (Wildman–Crippen MR) is 91.0 cm³/mol. The van der Waals surface area contributed by atoms with Crippen molar-refractivity contribution in [1.29, 1.82) is 0 Å². The number of hydrogen-bond acceptors (Lipinski definition) is 5. The Morgan fingerprint density at radius 3 is 2.61 bits per heavy atom. The summed E-state index contributed by atoms with van der Waals surface area (Å²) < 4.78 is 27.1. The zero-order chi connectivity index (χ0) is 17.0. The van der Waals surface area contributed by atoms with E-state index in [-0.39, 0.29) is 22.7 Å². The van der Waals surface area contributed by atoms with E-state index in [1.54, 1.807) is 13.0 Å². The lowest BCUT2D eigenvalue weighted by atomic mass is 10.2. The maximum absolute atomic E-state index is 12.5. The van der Waals surface area contributed by atoms with E-state index in [0.717, 1.165) is 11.3 Å². The molecule has 1 atom stereocenters. The molecule has 1 aromatic heterocycles. The summed E-state index contributed by atoms with van der Waals surface area (Å²) in [5.41, 5.74) is 0. The lowest BCUT2D eigenvalue weighted by Gasteiger charge is -2.36. The molecule has 0 aromatic carbocycles. The van der Waals surface area contributed by atoms with Gasteiger partial charge in [0.1, 0.15) is 4.21 Å². The van der Waals surface area contributed by atoms with Crippen molar-refractivity contribution in [3.63, 3.8) is 0 Å². The Balaban J connectivity index is 1.96. The molecule has 0 radical (unpaired) electrons. The first-order chi connectivity index (χ1) is 10.9. The van der Waals surface area contributed by atoms with Crippen molar-refractivity contribution >= 4 is 38.9 Å². The van der Waals surface area contributed by atoms with Crippen LogP contribution in [0.5, 0.6) is 0 Å². The van der Waals surface area contributed by atoms with Gasteiger partial charge in [0.2, 0.25) is 5.91 Å². The number of thiophene rings is 1. The Hall–Kier alpha value is -1.11. The normalized spacial score (nSPS) is 18.3. The number of nitrogens with one attached hydrogen (secondary N) is 1. The smallest absolute Gasteiger partial charge is 0.252 e. The van der Waals surface area contributed by atoms with Gasteiger partial charge in [-0.1, -0.05) is 17.5 Å². The summed E-state index contributed by atoms with van der Waals surface area (Å²) in [4.78, 5) is 13.9. The van der Waals surface area contributed by atoms with Crippen molar-refractivity contribution in [1.82, 2.24) is 14.5 Å². The monoisotopic (exact) mass is 375 g/mol. The molecule has 9 heteroatoms. The molecule has 6 nitrogen and oxygen atoms in total. The van der Waals surface area contributed by atoms with Crippen LogP contribution in [0, 0.1) is 12.3 Å². The fraction of sp³-hybridized carbons (Fsp3) is 0.500. The molecule has 2 rings (SSSR count). The third-order valence-electron chi connectivity index (χ3n) is 3.71. The molecule has 1 aliphatic rings.